The number of hydrogen-bond donors (Lipinski definition) is 1. The lowest BCUT2D eigenvalue weighted by molar-refractivity contribution is -0.142. The van der Waals surface area contributed by atoms with Gasteiger partial charge in [-0.3, -0.25) is 4.79 Å². The van der Waals surface area contributed by atoms with Crippen LogP contribution in [0.1, 0.15) is 5.56 Å². The molecule has 0 spiro atoms. The first kappa shape index (κ1) is 19.4. The second-order valence-corrected chi connectivity index (χ2v) is 5.44. The first-order valence-electron chi connectivity index (χ1n) is 7.32. The van der Waals surface area contributed by atoms with Crippen LogP contribution in [0.4, 0.5) is 14.5 Å². The lowest BCUT2D eigenvalue weighted by Gasteiger charge is -2.06. The van der Waals surface area contributed by atoms with Crippen molar-refractivity contribution in [3.05, 3.63) is 64.7 Å². The maximum atomic E-state index is 13.5. The van der Waals surface area contributed by atoms with Crippen molar-refractivity contribution in [1.82, 2.24) is 0 Å². The molecule has 2 aromatic carbocycles. The average molecular weight is 382 g/mol. The maximum absolute atomic E-state index is 13.5. The van der Waals surface area contributed by atoms with Crippen LogP contribution in [0, 0.1) is 11.6 Å². The number of carbonyl (C=O) groups is 2. The molecule has 26 heavy (non-hydrogen) atoms. The molecule has 5 nitrogen and oxygen atoms in total. The highest BCUT2D eigenvalue weighted by atomic mass is 35.5. The third-order valence-corrected chi connectivity index (χ3v) is 3.37. The molecule has 0 heterocycles. The molecule has 0 aliphatic carbocycles. The van der Waals surface area contributed by atoms with E-state index >= 15 is 0 Å². The van der Waals surface area contributed by atoms with Gasteiger partial charge in [-0.1, -0.05) is 17.7 Å². The van der Waals surface area contributed by atoms with Gasteiger partial charge in [-0.05, 0) is 42.0 Å². The molecule has 8 heteroatoms. The van der Waals surface area contributed by atoms with Crippen molar-refractivity contribution in [2.75, 3.05) is 19.0 Å². The van der Waals surface area contributed by atoms with E-state index in [4.69, 9.17) is 21.1 Å². The van der Waals surface area contributed by atoms with E-state index in [1.165, 1.54) is 37.5 Å². The summed E-state index contributed by atoms with van der Waals surface area (Å²) in [5, 5.41) is 2.44. The average Bonchev–Trinajstić information content (AvgIpc) is 2.60. The Bertz CT molecular complexity index is 855. The van der Waals surface area contributed by atoms with E-state index < -0.39 is 30.1 Å². The molecule has 1 amide bonds. The summed E-state index contributed by atoms with van der Waals surface area (Å²) in [4.78, 5) is 23.3. The van der Waals surface area contributed by atoms with Gasteiger partial charge >= 0.3 is 5.97 Å². The van der Waals surface area contributed by atoms with Crippen LogP contribution >= 0.6 is 11.6 Å². The maximum Gasteiger partial charge on any atom is 0.331 e. The molecule has 2 rings (SSSR count). The zero-order chi connectivity index (χ0) is 19.1. The molecule has 1 N–H and O–H groups in total. The van der Waals surface area contributed by atoms with Crippen molar-refractivity contribution in [3.63, 3.8) is 0 Å². The van der Waals surface area contributed by atoms with Gasteiger partial charge in [0, 0.05) is 11.1 Å². The Morgan fingerprint density at radius 3 is 2.58 bits per heavy atom. The second kappa shape index (κ2) is 8.96. The van der Waals surface area contributed by atoms with Crippen LogP contribution in [0.25, 0.3) is 6.08 Å². The highest BCUT2D eigenvalue weighted by Gasteiger charge is 2.09. The van der Waals surface area contributed by atoms with Crippen LogP contribution in [-0.2, 0) is 14.3 Å². The Balaban J connectivity index is 1.86. The largest absolute Gasteiger partial charge is 0.494 e. The number of rotatable bonds is 6. The number of methoxy groups -OCH3 is 1. The zero-order valence-corrected chi connectivity index (χ0v) is 14.3. The van der Waals surface area contributed by atoms with E-state index in [-0.39, 0.29) is 16.5 Å². The summed E-state index contributed by atoms with van der Waals surface area (Å²) in [5.41, 5.74) is 0.327. The summed E-state index contributed by atoms with van der Waals surface area (Å²) in [6.45, 7) is -0.609. The van der Waals surface area contributed by atoms with Gasteiger partial charge in [0.15, 0.2) is 18.2 Å². The van der Waals surface area contributed by atoms with E-state index in [9.17, 15) is 18.4 Å². The topological polar surface area (TPSA) is 64.6 Å². The Morgan fingerprint density at radius 2 is 1.92 bits per heavy atom. The van der Waals surface area contributed by atoms with Gasteiger partial charge in [0.25, 0.3) is 5.91 Å². The van der Waals surface area contributed by atoms with Gasteiger partial charge < -0.3 is 14.8 Å². The van der Waals surface area contributed by atoms with Gasteiger partial charge in [-0.2, -0.15) is 0 Å². The number of esters is 1. The fourth-order valence-electron chi connectivity index (χ4n) is 1.91. The Hall–Kier alpha value is -2.93. The van der Waals surface area contributed by atoms with Crippen molar-refractivity contribution in [3.8, 4) is 5.75 Å². The molecule has 0 aliphatic rings. The molecular formula is C18H14ClF2NO4. The molecule has 0 unspecified atom stereocenters. The SMILES string of the molecule is COc1ccc(/C=C/C(=O)OCC(=O)Nc2ccc(Cl)cc2F)cc1F. The van der Waals surface area contributed by atoms with Gasteiger partial charge in [0.05, 0.1) is 12.8 Å². The Morgan fingerprint density at radius 1 is 1.15 bits per heavy atom. The van der Waals surface area contributed by atoms with Gasteiger partial charge in [0.1, 0.15) is 5.82 Å². The number of anilines is 1. The van der Waals surface area contributed by atoms with Crippen LogP contribution in [0.5, 0.6) is 5.75 Å². The monoisotopic (exact) mass is 381 g/mol. The third kappa shape index (κ3) is 5.56. The quantitative estimate of drug-likeness (QED) is 0.610. The van der Waals surface area contributed by atoms with E-state index in [1.54, 1.807) is 6.07 Å². The number of nitrogens with one attached hydrogen (secondary N) is 1. The molecule has 0 saturated carbocycles. The van der Waals surface area contributed by atoms with E-state index in [0.29, 0.717) is 5.56 Å². The zero-order valence-electron chi connectivity index (χ0n) is 13.6. The van der Waals surface area contributed by atoms with Crippen LogP contribution < -0.4 is 10.1 Å². The highest BCUT2D eigenvalue weighted by molar-refractivity contribution is 6.30. The second-order valence-electron chi connectivity index (χ2n) is 5.01. The summed E-state index contributed by atoms with van der Waals surface area (Å²) in [7, 11) is 1.34. The van der Waals surface area contributed by atoms with Crippen molar-refractivity contribution in [2.24, 2.45) is 0 Å². The molecule has 0 aromatic heterocycles. The summed E-state index contributed by atoms with van der Waals surface area (Å²) in [6.07, 6.45) is 2.36. The molecule has 0 bridgehead atoms. The summed E-state index contributed by atoms with van der Waals surface area (Å²) in [5.74, 6) is -2.74. The number of hydrogen-bond acceptors (Lipinski definition) is 4. The number of carbonyl (C=O) groups excluding carboxylic acids is 2. The lowest BCUT2D eigenvalue weighted by atomic mass is 10.2. The summed E-state index contributed by atoms with van der Waals surface area (Å²) in [6, 6.07) is 7.87. The van der Waals surface area contributed by atoms with Crippen LogP contribution in [0.2, 0.25) is 5.02 Å². The predicted molar refractivity (Wildman–Crippen MR) is 93.0 cm³/mol. The van der Waals surface area contributed by atoms with Crippen molar-refractivity contribution in [1.29, 1.82) is 0 Å². The first-order valence-corrected chi connectivity index (χ1v) is 7.70. The lowest BCUT2D eigenvalue weighted by Crippen LogP contribution is -2.20. The fraction of sp³-hybridized carbons (Fsp3) is 0.111. The smallest absolute Gasteiger partial charge is 0.331 e. The minimum Gasteiger partial charge on any atom is -0.494 e. The van der Waals surface area contributed by atoms with Gasteiger partial charge in [0.2, 0.25) is 0 Å². The Labute approximate surface area is 153 Å². The molecule has 0 fully saturated rings. The number of ether oxygens (including phenoxy) is 2. The van der Waals surface area contributed by atoms with E-state index in [1.807, 2.05) is 0 Å². The predicted octanol–water partition coefficient (Wildman–Crippen LogP) is 3.82. The normalized spacial score (nSPS) is 10.6. The highest BCUT2D eigenvalue weighted by Crippen LogP contribution is 2.19. The third-order valence-electron chi connectivity index (χ3n) is 3.14. The van der Waals surface area contributed by atoms with E-state index in [2.05, 4.69) is 5.32 Å². The van der Waals surface area contributed by atoms with Crippen molar-refractivity contribution >= 4 is 35.2 Å². The summed E-state index contributed by atoms with van der Waals surface area (Å²) < 4.78 is 36.6. The molecule has 0 aliphatic heterocycles. The van der Waals surface area contributed by atoms with Gasteiger partial charge in [-0.25, -0.2) is 13.6 Å². The van der Waals surface area contributed by atoms with E-state index in [0.717, 1.165) is 12.1 Å². The summed E-state index contributed by atoms with van der Waals surface area (Å²) >= 11 is 5.61. The fourth-order valence-corrected chi connectivity index (χ4v) is 2.07. The minimum atomic E-state index is -0.812. The number of amides is 1. The molecule has 0 saturated heterocycles. The number of halogens is 3. The molecule has 0 radical (unpaired) electrons. The Kier molecular flexibility index (Phi) is 6.68. The van der Waals surface area contributed by atoms with Crippen LogP contribution in [0.3, 0.4) is 0 Å². The standard InChI is InChI=1S/C18H14ClF2NO4/c1-25-16-6-2-11(8-14(16)21)3-7-18(24)26-10-17(23)22-15-5-4-12(19)9-13(15)20/h2-9H,10H2,1H3,(H,22,23)/b7-3+. The molecule has 2 aromatic rings. The number of benzene rings is 2. The molecule has 136 valence electrons. The van der Waals surface area contributed by atoms with Crippen molar-refractivity contribution < 1.29 is 27.8 Å². The molecular weight excluding hydrogens is 368 g/mol. The van der Waals surface area contributed by atoms with Crippen molar-refractivity contribution in [2.45, 2.75) is 0 Å². The van der Waals surface area contributed by atoms with Crippen LogP contribution in [0.15, 0.2) is 42.5 Å². The molecule has 0 atom stereocenters. The minimum absolute atomic E-state index is 0.0795. The van der Waals surface area contributed by atoms with Crippen LogP contribution in [-0.4, -0.2) is 25.6 Å². The van der Waals surface area contributed by atoms with Gasteiger partial charge in [-0.15, -0.1) is 0 Å². The first-order chi connectivity index (χ1) is 12.4.